The zero-order valence-electron chi connectivity index (χ0n) is 7.57. The maximum absolute atomic E-state index is 10.8. The van der Waals surface area contributed by atoms with Gasteiger partial charge in [0.2, 0.25) is 0 Å². The van der Waals surface area contributed by atoms with Gasteiger partial charge in [-0.05, 0) is 30.6 Å². The summed E-state index contributed by atoms with van der Waals surface area (Å²) in [5.41, 5.74) is 0.0577. The molecule has 0 aromatic rings. The number of aldehydes is 1. The van der Waals surface area contributed by atoms with E-state index in [1.807, 2.05) is 0 Å². The first-order chi connectivity index (χ1) is 6.30. The topological polar surface area (TPSA) is 40.9 Å². The molecule has 0 aliphatic heterocycles. The van der Waals surface area contributed by atoms with Crippen LogP contribution in [0.1, 0.15) is 25.7 Å². The highest BCUT2D eigenvalue weighted by atomic mass is 16.1. The van der Waals surface area contributed by atoms with Gasteiger partial charge in [0.05, 0.1) is 6.07 Å². The van der Waals surface area contributed by atoms with Crippen LogP contribution < -0.4 is 0 Å². The van der Waals surface area contributed by atoms with Gasteiger partial charge in [-0.25, -0.2) is 0 Å². The third kappa shape index (κ3) is 1.19. The molecule has 0 aromatic carbocycles. The highest BCUT2D eigenvalue weighted by Crippen LogP contribution is 2.54. The molecule has 2 rings (SSSR count). The van der Waals surface area contributed by atoms with Gasteiger partial charge in [-0.15, -0.1) is 0 Å². The lowest BCUT2D eigenvalue weighted by Crippen LogP contribution is -2.23. The summed E-state index contributed by atoms with van der Waals surface area (Å²) >= 11 is 0. The van der Waals surface area contributed by atoms with E-state index < -0.39 is 0 Å². The van der Waals surface area contributed by atoms with Gasteiger partial charge in [0, 0.05) is 12.3 Å². The third-order valence-corrected chi connectivity index (χ3v) is 3.50. The van der Waals surface area contributed by atoms with Gasteiger partial charge in [-0.2, -0.15) is 5.26 Å². The number of nitriles is 1. The molecule has 2 heteroatoms. The summed E-state index contributed by atoms with van der Waals surface area (Å²) in [6.45, 7) is 0. The van der Waals surface area contributed by atoms with Gasteiger partial charge in [0.15, 0.2) is 0 Å². The van der Waals surface area contributed by atoms with Crippen LogP contribution in [-0.2, 0) is 4.79 Å². The lowest BCUT2D eigenvalue weighted by Gasteiger charge is -2.27. The van der Waals surface area contributed by atoms with Gasteiger partial charge in [-0.1, -0.05) is 12.2 Å². The predicted molar refractivity (Wildman–Crippen MR) is 48.7 cm³/mol. The summed E-state index contributed by atoms with van der Waals surface area (Å²) in [7, 11) is 0. The van der Waals surface area contributed by atoms with Crippen LogP contribution >= 0.6 is 0 Å². The number of nitrogens with zero attached hydrogens (tertiary/aromatic N) is 1. The molecule has 0 spiro atoms. The molecule has 2 aliphatic rings. The largest absolute Gasteiger partial charge is 0.303 e. The Morgan fingerprint density at radius 1 is 1.69 bits per heavy atom. The van der Waals surface area contributed by atoms with Crippen LogP contribution in [0, 0.1) is 28.6 Å². The standard InChI is InChI=1S/C11H13NO/c12-5-1-3-11-4-2-9(7-11)6-10(11)8-13/h2,4,8-10H,1,3,6-7H2. The molecule has 0 saturated heterocycles. The van der Waals surface area contributed by atoms with E-state index in [1.165, 1.54) is 0 Å². The van der Waals surface area contributed by atoms with Crippen molar-refractivity contribution >= 4 is 6.29 Å². The Morgan fingerprint density at radius 3 is 3.15 bits per heavy atom. The molecule has 68 valence electrons. The van der Waals surface area contributed by atoms with Crippen LogP contribution in [0.2, 0.25) is 0 Å². The second-order valence-electron chi connectivity index (χ2n) is 4.19. The fourth-order valence-corrected chi connectivity index (χ4v) is 2.80. The summed E-state index contributed by atoms with van der Waals surface area (Å²) in [5, 5.41) is 8.55. The Kier molecular flexibility index (Phi) is 1.95. The van der Waals surface area contributed by atoms with E-state index in [4.69, 9.17) is 5.26 Å². The predicted octanol–water partition coefficient (Wildman–Crippen LogP) is 2.07. The Balaban J connectivity index is 2.15. The lowest BCUT2D eigenvalue weighted by molar-refractivity contribution is -0.113. The summed E-state index contributed by atoms with van der Waals surface area (Å²) in [4.78, 5) is 10.8. The van der Waals surface area contributed by atoms with Crippen molar-refractivity contribution in [3.8, 4) is 6.07 Å². The number of hydrogen-bond acceptors (Lipinski definition) is 2. The maximum atomic E-state index is 10.8. The van der Waals surface area contributed by atoms with Crippen LogP contribution in [0.3, 0.4) is 0 Å². The number of hydrogen-bond donors (Lipinski definition) is 0. The van der Waals surface area contributed by atoms with E-state index in [1.54, 1.807) is 0 Å². The lowest BCUT2D eigenvalue weighted by atomic mass is 9.75. The quantitative estimate of drug-likeness (QED) is 0.486. The molecule has 1 fully saturated rings. The van der Waals surface area contributed by atoms with E-state index in [9.17, 15) is 4.79 Å². The minimum absolute atomic E-state index is 0.0577. The van der Waals surface area contributed by atoms with Crippen molar-refractivity contribution in [1.29, 1.82) is 5.26 Å². The molecule has 0 N–H and O–H groups in total. The summed E-state index contributed by atoms with van der Waals surface area (Å²) in [5.74, 6) is 0.782. The van der Waals surface area contributed by atoms with Gasteiger partial charge < -0.3 is 4.79 Å². The van der Waals surface area contributed by atoms with Gasteiger partial charge in [0.1, 0.15) is 6.29 Å². The SMILES string of the molecule is N#CCCC12C=CC(CC1C=O)C2. The maximum Gasteiger partial charge on any atom is 0.123 e. The molecule has 2 bridgehead atoms. The number of carbonyl (C=O) groups is 1. The van der Waals surface area contributed by atoms with Gasteiger partial charge >= 0.3 is 0 Å². The molecule has 0 amide bonds. The number of carbonyl (C=O) groups excluding carboxylic acids is 1. The summed E-state index contributed by atoms with van der Waals surface area (Å²) in [6.07, 6.45) is 9.01. The molecule has 3 atom stereocenters. The van der Waals surface area contributed by atoms with Crippen molar-refractivity contribution in [3.63, 3.8) is 0 Å². The molecule has 3 unspecified atom stereocenters. The molecular weight excluding hydrogens is 162 g/mol. The number of allylic oxidation sites excluding steroid dienone is 2. The molecule has 1 saturated carbocycles. The Morgan fingerprint density at radius 2 is 2.54 bits per heavy atom. The van der Waals surface area contributed by atoms with Crippen molar-refractivity contribution in [2.24, 2.45) is 17.3 Å². The van der Waals surface area contributed by atoms with Crippen molar-refractivity contribution in [2.45, 2.75) is 25.7 Å². The second kappa shape index (κ2) is 2.99. The zero-order chi connectivity index (χ0) is 9.31. The van der Waals surface area contributed by atoms with Crippen molar-refractivity contribution in [1.82, 2.24) is 0 Å². The van der Waals surface area contributed by atoms with Crippen molar-refractivity contribution < 1.29 is 4.79 Å². The molecule has 0 radical (unpaired) electrons. The fraction of sp³-hybridized carbons (Fsp3) is 0.636. The van der Waals surface area contributed by atoms with E-state index in [0.717, 1.165) is 25.5 Å². The van der Waals surface area contributed by atoms with Crippen molar-refractivity contribution in [3.05, 3.63) is 12.2 Å². The summed E-state index contributed by atoms with van der Waals surface area (Å²) < 4.78 is 0. The third-order valence-electron chi connectivity index (χ3n) is 3.50. The van der Waals surface area contributed by atoms with Crippen LogP contribution in [0.25, 0.3) is 0 Å². The minimum Gasteiger partial charge on any atom is -0.303 e. The van der Waals surface area contributed by atoms with Crippen LogP contribution in [0.4, 0.5) is 0 Å². The summed E-state index contributed by atoms with van der Waals surface area (Å²) in [6, 6.07) is 2.17. The monoisotopic (exact) mass is 175 g/mol. The van der Waals surface area contributed by atoms with Gasteiger partial charge in [0.25, 0.3) is 0 Å². The van der Waals surface area contributed by atoms with Crippen LogP contribution in [0.5, 0.6) is 0 Å². The normalized spacial score (nSPS) is 40.5. The minimum atomic E-state index is 0.0577. The van der Waals surface area contributed by atoms with E-state index in [0.29, 0.717) is 12.3 Å². The zero-order valence-corrected chi connectivity index (χ0v) is 7.57. The van der Waals surface area contributed by atoms with Gasteiger partial charge in [-0.3, -0.25) is 0 Å². The highest BCUT2D eigenvalue weighted by Gasteiger charge is 2.47. The first-order valence-electron chi connectivity index (χ1n) is 4.82. The Hall–Kier alpha value is -1.10. The molecular formula is C11H13NO. The molecule has 2 aliphatic carbocycles. The average Bonchev–Trinajstić information content (AvgIpc) is 2.71. The number of rotatable bonds is 3. The van der Waals surface area contributed by atoms with E-state index >= 15 is 0 Å². The smallest absolute Gasteiger partial charge is 0.123 e. The first-order valence-corrected chi connectivity index (χ1v) is 4.82. The number of fused-ring (bicyclic) bond motifs is 2. The van der Waals surface area contributed by atoms with Crippen molar-refractivity contribution in [2.75, 3.05) is 0 Å². The highest BCUT2D eigenvalue weighted by molar-refractivity contribution is 5.58. The molecule has 2 nitrogen and oxygen atoms in total. The Bertz CT molecular complexity index is 289. The fourth-order valence-electron chi connectivity index (χ4n) is 2.80. The average molecular weight is 175 g/mol. The van der Waals surface area contributed by atoms with E-state index in [-0.39, 0.29) is 11.3 Å². The van der Waals surface area contributed by atoms with Crippen LogP contribution in [0.15, 0.2) is 12.2 Å². The van der Waals surface area contributed by atoms with E-state index in [2.05, 4.69) is 18.2 Å². The molecule has 13 heavy (non-hydrogen) atoms. The Labute approximate surface area is 78.2 Å². The first kappa shape index (κ1) is 8.50. The van der Waals surface area contributed by atoms with Crippen LogP contribution in [-0.4, -0.2) is 6.29 Å². The molecule has 0 aromatic heterocycles. The second-order valence-corrected chi connectivity index (χ2v) is 4.19. The molecule has 0 heterocycles.